The molecular weight excluding hydrogens is 239 g/mol. The Labute approximate surface area is 106 Å². The van der Waals surface area contributed by atoms with Gasteiger partial charge < -0.3 is 9.26 Å². The molecule has 0 bridgehead atoms. The summed E-state index contributed by atoms with van der Waals surface area (Å²) in [5.41, 5.74) is 0. The highest BCUT2D eigenvalue weighted by molar-refractivity contribution is 7.44. The zero-order valence-electron chi connectivity index (χ0n) is 11.3. The maximum Gasteiger partial charge on any atom is 0.261 e. The van der Waals surface area contributed by atoms with Crippen LogP contribution < -0.4 is 0 Å². The van der Waals surface area contributed by atoms with Crippen LogP contribution in [-0.2, 0) is 13.8 Å². The molecule has 0 aliphatic heterocycles. The quantitative estimate of drug-likeness (QED) is 0.363. The van der Waals surface area contributed by atoms with Crippen LogP contribution in [-0.4, -0.2) is 37.3 Å². The van der Waals surface area contributed by atoms with Gasteiger partial charge in [0.2, 0.25) is 0 Å². The molecule has 0 spiro atoms. The van der Waals surface area contributed by atoms with Gasteiger partial charge in [0.25, 0.3) is 8.53 Å². The van der Waals surface area contributed by atoms with Gasteiger partial charge >= 0.3 is 0 Å². The predicted octanol–water partition coefficient (Wildman–Crippen LogP) is 2.88. The first-order chi connectivity index (χ1) is 8.04. The van der Waals surface area contributed by atoms with Gasteiger partial charge in [-0.15, -0.1) is 0 Å². The molecule has 1 atom stereocenters. The van der Waals surface area contributed by atoms with E-state index in [0.29, 0.717) is 25.1 Å². The molecule has 17 heavy (non-hydrogen) atoms. The summed E-state index contributed by atoms with van der Waals surface area (Å²) < 4.78 is 18.3. The second-order valence-electron chi connectivity index (χ2n) is 4.08. The molecule has 0 aromatic rings. The van der Waals surface area contributed by atoms with Gasteiger partial charge in [0.05, 0.1) is 19.1 Å². The lowest BCUT2D eigenvalue weighted by molar-refractivity contribution is 0.0345. The molecule has 0 heterocycles. The molecule has 100 valence electrons. The molecule has 0 amide bonds. The number of ether oxygens (including phenoxy) is 1. The van der Waals surface area contributed by atoms with Crippen molar-refractivity contribution in [3.63, 3.8) is 0 Å². The van der Waals surface area contributed by atoms with E-state index in [2.05, 4.69) is 38.4 Å². The fraction of sp³-hybridized carbons (Fsp3) is 0.909. The Morgan fingerprint density at radius 2 is 1.76 bits per heavy atom. The van der Waals surface area contributed by atoms with E-state index in [0.717, 1.165) is 0 Å². The molecule has 0 saturated carbocycles. The molecular formula is C11H23N2O3P. The normalized spacial score (nSPS) is 13.4. The molecule has 0 aromatic carbocycles. The lowest BCUT2D eigenvalue weighted by Gasteiger charge is -2.35. The average Bonchev–Trinajstić information content (AvgIpc) is 2.24. The van der Waals surface area contributed by atoms with Gasteiger partial charge in [-0.05, 0) is 27.7 Å². The summed E-state index contributed by atoms with van der Waals surface area (Å²) in [6.07, 6.45) is 0.374. The number of nitriles is 1. The zero-order chi connectivity index (χ0) is 13.3. The SMILES string of the molecule is COCOP(OCCC#N)N(C(C)C)C(C)C. The summed E-state index contributed by atoms with van der Waals surface area (Å²) in [6.45, 7) is 8.98. The summed E-state index contributed by atoms with van der Waals surface area (Å²) in [5, 5.41) is 8.51. The van der Waals surface area contributed by atoms with Crippen LogP contribution in [0.2, 0.25) is 0 Å². The monoisotopic (exact) mass is 262 g/mol. The van der Waals surface area contributed by atoms with Crippen molar-refractivity contribution in [1.29, 1.82) is 5.26 Å². The van der Waals surface area contributed by atoms with E-state index >= 15 is 0 Å². The van der Waals surface area contributed by atoms with E-state index in [9.17, 15) is 0 Å². The molecule has 1 unspecified atom stereocenters. The zero-order valence-corrected chi connectivity index (χ0v) is 12.2. The summed E-state index contributed by atoms with van der Waals surface area (Å²) in [6, 6.07) is 2.70. The average molecular weight is 262 g/mol. The van der Waals surface area contributed by atoms with Gasteiger partial charge in [-0.1, -0.05) is 0 Å². The van der Waals surface area contributed by atoms with Crippen molar-refractivity contribution >= 4 is 8.53 Å². The molecule has 0 N–H and O–H groups in total. The fourth-order valence-corrected chi connectivity index (χ4v) is 2.95. The number of hydrogen-bond acceptors (Lipinski definition) is 5. The Bertz CT molecular complexity index is 223. The lowest BCUT2D eigenvalue weighted by Crippen LogP contribution is -2.33. The number of methoxy groups -OCH3 is 1. The third-order valence-corrected chi connectivity index (χ3v) is 3.97. The first kappa shape index (κ1) is 16.8. The largest absolute Gasteiger partial charge is 0.358 e. The summed E-state index contributed by atoms with van der Waals surface area (Å²) >= 11 is 0. The van der Waals surface area contributed by atoms with Crippen molar-refractivity contribution in [2.45, 2.75) is 46.2 Å². The molecule has 6 heteroatoms. The minimum absolute atomic E-state index is 0.203. The van der Waals surface area contributed by atoms with Crippen molar-refractivity contribution in [2.24, 2.45) is 0 Å². The molecule has 0 fully saturated rings. The lowest BCUT2D eigenvalue weighted by atomic mass is 10.3. The first-order valence-corrected chi connectivity index (χ1v) is 6.87. The van der Waals surface area contributed by atoms with Gasteiger partial charge in [0.1, 0.15) is 0 Å². The number of hydrogen-bond donors (Lipinski definition) is 0. The van der Waals surface area contributed by atoms with E-state index in [-0.39, 0.29) is 6.79 Å². The van der Waals surface area contributed by atoms with Gasteiger partial charge in [-0.3, -0.25) is 4.52 Å². The second-order valence-corrected chi connectivity index (χ2v) is 5.54. The highest BCUT2D eigenvalue weighted by Gasteiger charge is 2.26. The summed E-state index contributed by atoms with van der Waals surface area (Å²) in [5.74, 6) is 0. The van der Waals surface area contributed by atoms with Crippen LogP contribution in [0.25, 0.3) is 0 Å². The van der Waals surface area contributed by atoms with Crippen LogP contribution in [0.5, 0.6) is 0 Å². The van der Waals surface area contributed by atoms with Gasteiger partial charge in [0.15, 0.2) is 6.79 Å². The number of nitrogens with zero attached hydrogens (tertiary/aromatic N) is 2. The van der Waals surface area contributed by atoms with E-state index in [4.69, 9.17) is 19.0 Å². The minimum atomic E-state index is -1.16. The van der Waals surface area contributed by atoms with Gasteiger partial charge in [-0.25, -0.2) is 4.67 Å². The smallest absolute Gasteiger partial charge is 0.261 e. The van der Waals surface area contributed by atoms with Crippen LogP contribution >= 0.6 is 8.53 Å². The standard InChI is InChI=1S/C11H23N2O3P/c1-10(2)13(11(3)4)17(16-9-14-5)15-8-6-7-12/h10-11H,6,8-9H2,1-5H3. The fourth-order valence-electron chi connectivity index (χ4n) is 1.41. The third-order valence-electron chi connectivity index (χ3n) is 1.94. The van der Waals surface area contributed by atoms with E-state index < -0.39 is 8.53 Å². The van der Waals surface area contributed by atoms with Crippen molar-refractivity contribution in [2.75, 3.05) is 20.5 Å². The van der Waals surface area contributed by atoms with Gasteiger partial charge in [-0.2, -0.15) is 5.26 Å². The van der Waals surface area contributed by atoms with Gasteiger partial charge in [0, 0.05) is 19.2 Å². The molecule has 0 radical (unpaired) electrons. The Morgan fingerprint density at radius 1 is 1.18 bits per heavy atom. The Kier molecular flexibility index (Phi) is 9.62. The number of rotatable bonds is 9. The van der Waals surface area contributed by atoms with Crippen LogP contribution in [0, 0.1) is 11.3 Å². The molecule has 5 nitrogen and oxygen atoms in total. The predicted molar refractivity (Wildman–Crippen MR) is 68.2 cm³/mol. The van der Waals surface area contributed by atoms with Crippen molar-refractivity contribution in [3.05, 3.63) is 0 Å². The van der Waals surface area contributed by atoms with Crippen molar-refractivity contribution in [1.82, 2.24) is 4.67 Å². The topological polar surface area (TPSA) is 54.7 Å². The van der Waals surface area contributed by atoms with Crippen LogP contribution in [0.3, 0.4) is 0 Å². The van der Waals surface area contributed by atoms with Crippen molar-refractivity contribution < 1.29 is 13.8 Å². The van der Waals surface area contributed by atoms with Crippen LogP contribution in [0.1, 0.15) is 34.1 Å². The Hall–Kier alpha value is -0.240. The Morgan fingerprint density at radius 3 is 2.18 bits per heavy atom. The third kappa shape index (κ3) is 6.92. The second kappa shape index (κ2) is 9.76. The highest BCUT2D eigenvalue weighted by Crippen LogP contribution is 2.45. The van der Waals surface area contributed by atoms with E-state index in [1.165, 1.54) is 0 Å². The summed E-state index contributed by atoms with van der Waals surface area (Å²) in [4.78, 5) is 0. The molecule has 0 saturated heterocycles. The maximum absolute atomic E-state index is 8.51. The van der Waals surface area contributed by atoms with E-state index in [1.807, 2.05) is 0 Å². The molecule has 0 aliphatic rings. The Balaban J connectivity index is 4.44. The summed E-state index contributed by atoms with van der Waals surface area (Å²) in [7, 11) is 0.418. The molecule has 0 aliphatic carbocycles. The molecule has 0 aromatic heterocycles. The maximum atomic E-state index is 8.51. The minimum Gasteiger partial charge on any atom is -0.358 e. The van der Waals surface area contributed by atoms with Crippen molar-refractivity contribution in [3.8, 4) is 6.07 Å². The molecule has 0 rings (SSSR count). The van der Waals surface area contributed by atoms with Crippen LogP contribution in [0.4, 0.5) is 0 Å². The first-order valence-electron chi connectivity index (χ1n) is 5.74. The van der Waals surface area contributed by atoms with Crippen LogP contribution in [0.15, 0.2) is 0 Å². The highest BCUT2D eigenvalue weighted by atomic mass is 31.2. The van der Waals surface area contributed by atoms with E-state index in [1.54, 1.807) is 7.11 Å².